The predicted octanol–water partition coefficient (Wildman–Crippen LogP) is 23.2. The third kappa shape index (κ3) is 66.5. The molecule has 0 spiro atoms. The van der Waals surface area contributed by atoms with Crippen molar-refractivity contribution in [1.82, 2.24) is 5.32 Å². The zero-order valence-corrected chi connectivity index (χ0v) is 58.5. The summed E-state index contributed by atoms with van der Waals surface area (Å²) in [6.45, 7) is 6.89. The van der Waals surface area contributed by atoms with Gasteiger partial charge in [0.1, 0.15) is 19.3 Å². The molecule has 502 valence electrons. The smallest absolute Gasteiger partial charge is 0.306 e. The molecule has 0 aromatic heterocycles. The zero-order chi connectivity index (χ0) is 62.1. The first kappa shape index (κ1) is 83.2. The lowest BCUT2D eigenvalue weighted by Gasteiger charge is -2.30. The van der Waals surface area contributed by atoms with E-state index in [9.17, 15) is 19.0 Å². The topological polar surface area (TPSA) is 114 Å². The Bertz CT molecular complexity index is 1550. The van der Waals surface area contributed by atoms with Crippen LogP contribution in [0.1, 0.15) is 380 Å². The van der Waals surface area contributed by atoms with Gasteiger partial charge in [-0.15, -0.1) is 0 Å². The molecule has 0 aliphatic heterocycles. The van der Waals surface area contributed by atoms with Crippen molar-refractivity contribution in [3.8, 4) is 0 Å². The Kier molecular flexibility index (Phi) is 63.8. The van der Waals surface area contributed by atoms with Crippen molar-refractivity contribution in [2.45, 2.75) is 392 Å². The van der Waals surface area contributed by atoms with E-state index >= 15 is 0 Å². The fraction of sp³-hybridized carbons (Fsp3) is 0.893. The first-order valence-electron chi connectivity index (χ1n) is 37.3. The van der Waals surface area contributed by atoms with Gasteiger partial charge in [0, 0.05) is 12.8 Å². The molecule has 0 aromatic rings. The van der Waals surface area contributed by atoms with E-state index in [-0.39, 0.29) is 31.5 Å². The van der Waals surface area contributed by atoms with Crippen LogP contribution in [-0.4, -0.2) is 69.4 Å². The molecule has 10 heteroatoms. The monoisotopic (exact) mass is 1220 g/mol. The fourth-order valence-electron chi connectivity index (χ4n) is 11.3. The molecule has 85 heavy (non-hydrogen) atoms. The van der Waals surface area contributed by atoms with Crippen molar-refractivity contribution in [2.75, 3.05) is 40.9 Å². The number of nitrogens with one attached hydrogen (secondary N) is 1. The molecule has 0 aliphatic rings. The lowest BCUT2D eigenvalue weighted by atomic mass is 10.0. The molecular weight excluding hydrogens is 1070 g/mol. The van der Waals surface area contributed by atoms with Gasteiger partial charge in [0.15, 0.2) is 0 Å². The van der Waals surface area contributed by atoms with Crippen LogP contribution >= 0.6 is 7.82 Å². The molecule has 0 rings (SSSR count). The van der Waals surface area contributed by atoms with E-state index < -0.39 is 20.0 Å². The minimum atomic E-state index is -4.70. The molecule has 9 nitrogen and oxygen atoms in total. The number of carbonyl (C=O) groups excluding carboxylic acids is 2. The quantitative estimate of drug-likeness (QED) is 0.0212. The standard InChI is InChI=1S/C75H145N2O7P/c1-7-10-13-16-19-22-25-28-30-32-34-36-38-40-42-44-46-49-52-55-58-61-64-67-74(78)76-72(71-83-85(80,81)82-70-69-77(4,5)6)73(66-63-60-57-54-51-48-27-24-21-18-15-12-9-3)84-75(79)68-65-62-59-56-53-50-47-45-43-41-39-37-35-33-31-29-26-23-20-17-14-11-8-2/h19,22,28,30,63,66,72-73H,7-18,20-21,23-27,29,31-62,64-65,67-71H2,1-6H3,(H-,76,78,80,81)/b22-19-,30-28-,66-63+. The number of carbonyl (C=O) groups is 2. The molecule has 0 radical (unpaired) electrons. The predicted molar refractivity (Wildman–Crippen MR) is 367 cm³/mol. The molecule has 3 unspecified atom stereocenters. The van der Waals surface area contributed by atoms with E-state index in [0.717, 1.165) is 64.2 Å². The Balaban J connectivity index is 5.03. The summed E-state index contributed by atoms with van der Waals surface area (Å²) < 4.78 is 30.5. The molecular formula is C75H145N2O7P. The van der Waals surface area contributed by atoms with Crippen LogP contribution in [0.15, 0.2) is 36.5 Å². The highest BCUT2D eigenvalue weighted by Gasteiger charge is 2.27. The Morgan fingerprint density at radius 1 is 0.412 bits per heavy atom. The number of quaternary nitrogens is 1. The van der Waals surface area contributed by atoms with Crippen LogP contribution in [0.3, 0.4) is 0 Å². The van der Waals surface area contributed by atoms with Gasteiger partial charge in [0.05, 0.1) is 33.8 Å². The molecule has 0 fully saturated rings. The fourth-order valence-corrected chi connectivity index (χ4v) is 12.0. The molecule has 0 heterocycles. The second kappa shape index (κ2) is 65.2. The maximum absolute atomic E-state index is 13.6. The second-order valence-corrected chi connectivity index (χ2v) is 28.2. The third-order valence-corrected chi connectivity index (χ3v) is 18.0. The summed E-state index contributed by atoms with van der Waals surface area (Å²) in [4.78, 5) is 40.3. The average Bonchev–Trinajstić information content (AvgIpc) is 3.52. The van der Waals surface area contributed by atoms with Crippen molar-refractivity contribution in [2.24, 2.45) is 0 Å². The summed E-state index contributed by atoms with van der Waals surface area (Å²) in [5, 5.41) is 3.06. The van der Waals surface area contributed by atoms with Gasteiger partial charge in [-0.1, -0.05) is 340 Å². The zero-order valence-electron chi connectivity index (χ0n) is 57.6. The number of rotatable bonds is 69. The highest BCUT2D eigenvalue weighted by Crippen LogP contribution is 2.38. The number of hydrogen-bond acceptors (Lipinski definition) is 7. The van der Waals surface area contributed by atoms with Gasteiger partial charge in [0.25, 0.3) is 7.82 Å². The van der Waals surface area contributed by atoms with Gasteiger partial charge in [-0.25, -0.2) is 0 Å². The van der Waals surface area contributed by atoms with Crippen molar-refractivity contribution < 1.29 is 37.3 Å². The molecule has 0 saturated carbocycles. The highest BCUT2D eigenvalue weighted by molar-refractivity contribution is 7.45. The number of likely N-dealkylation sites (N-methyl/N-ethyl adjacent to an activating group) is 1. The van der Waals surface area contributed by atoms with Crippen LogP contribution in [0.2, 0.25) is 0 Å². The Morgan fingerprint density at radius 3 is 1.08 bits per heavy atom. The van der Waals surface area contributed by atoms with Gasteiger partial charge in [-0.2, -0.15) is 0 Å². The summed E-state index contributed by atoms with van der Waals surface area (Å²) >= 11 is 0. The van der Waals surface area contributed by atoms with Crippen molar-refractivity contribution in [3.05, 3.63) is 36.5 Å². The third-order valence-electron chi connectivity index (χ3n) is 17.1. The molecule has 0 bridgehead atoms. The molecule has 1 amide bonds. The van der Waals surface area contributed by atoms with Crippen molar-refractivity contribution in [1.29, 1.82) is 0 Å². The average molecular weight is 1220 g/mol. The Labute approximate surface area is 529 Å². The number of allylic oxidation sites excluding steroid dienone is 5. The van der Waals surface area contributed by atoms with Crippen LogP contribution in [0, 0.1) is 0 Å². The second-order valence-electron chi connectivity index (χ2n) is 26.8. The number of amides is 1. The van der Waals surface area contributed by atoms with E-state index in [0.29, 0.717) is 17.4 Å². The number of hydrogen-bond donors (Lipinski definition) is 1. The van der Waals surface area contributed by atoms with Crippen LogP contribution in [0.5, 0.6) is 0 Å². The van der Waals surface area contributed by atoms with Gasteiger partial charge in [-0.3, -0.25) is 14.2 Å². The van der Waals surface area contributed by atoms with Crippen LogP contribution in [-0.2, 0) is 27.9 Å². The molecule has 0 aromatic carbocycles. The summed E-state index contributed by atoms with van der Waals surface area (Å²) in [5.41, 5.74) is 0. The maximum atomic E-state index is 13.6. The normalized spacial score (nSPS) is 13.6. The summed E-state index contributed by atoms with van der Waals surface area (Å²) in [6, 6.07) is -0.886. The SMILES string of the molecule is CCCCC/C=C\C/C=C\CCCCCCCCCCCCCCCC(=O)NC(COP(=O)([O-])OCC[N+](C)(C)C)C(/C=C/CCCCCCCCCCCCC)OC(=O)CCCCCCCCCCCCCCCCCCCCCCCCC. The molecule has 3 atom stereocenters. The van der Waals surface area contributed by atoms with E-state index in [1.54, 1.807) is 0 Å². The molecule has 1 N–H and O–H groups in total. The lowest BCUT2D eigenvalue weighted by Crippen LogP contribution is -2.47. The first-order chi connectivity index (χ1) is 41.4. The van der Waals surface area contributed by atoms with Gasteiger partial charge in [0.2, 0.25) is 5.91 Å². The number of phosphoric acid groups is 1. The Morgan fingerprint density at radius 2 is 0.718 bits per heavy atom. The maximum Gasteiger partial charge on any atom is 0.306 e. The van der Waals surface area contributed by atoms with Crippen LogP contribution in [0.4, 0.5) is 0 Å². The summed E-state index contributed by atoms with van der Waals surface area (Å²) in [6.07, 6.45) is 81.3. The highest BCUT2D eigenvalue weighted by atomic mass is 31.2. The number of ether oxygens (including phenoxy) is 1. The molecule has 0 saturated heterocycles. The number of nitrogens with zero attached hydrogens (tertiary/aromatic N) is 1. The van der Waals surface area contributed by atoms with Crippen LogP contribution in [0.25, 0.3) is 0 Å². The van der Waals surface area contributed by atoms with E-state index in [4.69, 9.17) is 13.8 Å². The van der Waals surface area contributed by atoms with Crippen LogP contribution < -0.4 is 10.2 Å². The number of unbranched alkanes of at least 4 members (excludes halogenated alkanes) is 49. The van der Waals surface area contributed by atoms with E-state index in [1.807, 2.05) is 33.3 Å². The first-order valence-corrected chi connectivity index (χ1v) is 38.8. The van der Waals surface area contributed by atoms with Crippen molar-refractivity contribution in [3.63, 3.8) is 0 Å². The van der Waals surface area contributed by atoms with Gasteiger partial charge < -0.3 is 28.5 Å². The molecule has 0 aliphatic carbocycles. The minimum absolute atomic E-state index is 0.0192. The largest absolute Gasteiger partial charge is 0.756 e. The minimum Gasteiger partial charge on any atom is -0.756 e. The lowest BCUT2D eigenvalue weighted by molar-refractivity contribution is -0.870. The van der Waals surface area contributed by atoms with Crippen molar-refractivity contribution >= 4 is 19.7 Å². The van der Waals surface area contributed by atoms with Gasteiger partial charge >= 0.3 is 5.97 Å². The number of phosphoric ester groups is 1. The number of esters is 1. The Hall–Kier alpha value is -1.77. The summed E-state index contributed by atoms with van der Waals surface area (Å²) in [7, 11) is 1.20. The van der Waals surface area contributed by atoms with Gasteiger partial charge in [-0.05, 0) is 63.9 Å². The van der Waals surface area contributed by atoms with E-state index in [2.05, 4.69) is 50.4 Å². The van der Waals surface area contributed by atoms with E-state index in [1.165, 1.54) is 283 Å². The summed E-state index contributed by atoms with van der Waals surface area (Å²) in [5.74, 6) is -0.519.